The highest BCUT2D eigenvalue weighted by molar-refractivity contribution is 6.07. The van der Waals surface area contributed by atoms with Crippen molar-refractivity contribution in [3.8, 4) is 11.9 Å². The predicted molar refractivity (Wildman–Crippen MR) is 93.2 cm³/mol. The van der Waals surface area contributed by atoms with Gasteiger partial charge in [-0.2, -0.15) is 5.26 Å². The average Bonchev–Trinajstić information content (AvgIpc) is 2.63. The smallest absolute Gasteiger partial charge is 0.254 e. The number of likely N-dealkylation sites (tertiary alicyclic amines) is 1. The summed E-state index contributed by atoms with van der Waals surface area (Å²) in [4.78, 5) is 18.6. The number of rotatable bonds is 3. The minimum absolute atomic E-state index is 0.00962. The van der Waals surface area contributed by atoms with Crippen molar-refractivity contribution in [1.82, 2.24) is 9.88 Å². The monoisotopic (exact) mass is 329 g/mol. The highest BCUT2D eigenvalue weighted by Gasteiger charge is 2.33. The van der Waals surface area contributed by atoms with Crippen LogP contribution in [0.25, 0.3) is 10.8 Å². The predicted octanol–water partition coefficient (Wildman–Crippen LogP) is 3.01. The topological polar surface area (TPSA) is 66.2 Å². The maximum Gasteiger partial charge on any atom is 0.254 e. The standard InChI is InChI=1S/C20H15N3O2/c21-11-14-8-9-22-19(10-14)25-16-12-23(13-16)20(24)18-7-3-5-15-4-1-2-6-17(15)18/h1-10,16H,12-13H2. The van der Waals surface area contributed by atoms with Crippen LogP contribution in [0.15, 0.2) is 60.8 Å². The van der Waals surface area contributed by atoms with Crippen LogP contribution in [0, 0.1) is 11.3 Å². The maximum atomic E-state index is 12.8. The van der Waals surface area contributed by atoms with Crippen molar-refractivity contribution >= 4 is 16.7 Å². The van der Waals surface area contributed by atoms with Gasteiger partial charge < -0.3 is 9.64 Å². The van der Waals surface area contributed by atoms with E-state index in [1.807, 2.05) is 42.5 Å². The van der Waals surface area contributed by atoms with Crippen LogP contribution in [-0.2, 0) is 0 Å². The normalized spacial score (nSPS) is 14.0. The zero-order chi connectivity index (χ0) is 17.2. The molecule has 1 amide bonds. The van der Waals surface area contributed by atoms with E-state index in [1.54, 1.807) is 23.2 Å². The Kier molecular flexibility index (Phi) is 3.79. The molecule has 1 aliphatic heterocycles. The van der Waals surface area contributed by atoms with Gasteiger partial charge in [0.1, 0.15) is 6.10 Å². The minimum atomic E-state index is -0.0969. The molecule has 0 bridgehead atoms. The summed E-state index contributed by atoms with van der Waals surface area (Å²) >= 11 is 0. The third-order valence-electron chi connectivity index (χ3n) is 4.31. The number of carbonyl (C=O) groups excluding carboxylic acids is 1. The van der Waals surface area contributed by atoms with Gasteiger partial charge in [-0.3, -0.25) is 4.79 Å². The molecule has 25 heavy (non-hydrogen) atoms. The van der Waals surface area contributed by atoms with Gasteiger partial charge in [-0.25, -0.2) is 4.98 Å². The molecular weight excluding hydrogens is 314 g/mol. The van der Waals surface area contributed by atoms with Gasteiger partial charge in [-0.05, 0) is 22.9 Å². The Bertz CT molecular complexity index is 982. The fraction of sp³-hybridized carbons (Fsp3) is 0.150. The second kappa shape index (κ2) is 6.25. The lowest BCUT2D eigenvalue weighted by Crippen LogP contribution is -2.56. The molecule has 122 valence electrons. The van der Waals surface area contributed by atoms with Crippen LogP contribution in [0.4, 0.5) is 0 Å². The molecule has 0 N–H and O–H groups in total. The quantitative estimate of drug-likeness (QED) is 0.741. The van der Waals surface area contributed by atoms with E-state index in [1.165, 1.54) is 0 Å². The number of nitriles is 1. The molecule has 5 heteroatoms. The summed E-state index contributed by atoms with van der Waals surface area (Å²) in [6.07, 6.45) is 1.45. The second-order valence-corrected chi connectivity index (χ2v) is 5.97. The molecule has 0 unspecified atom stereocenters. The number of hydrogen-bond donors (Lipinski definition) is 0. The van der Waals surface area contributed by atoms with E-state index in [-0.39, 0.29) is 12.0 Å². The minimum Gasteiger partial charge on any atom is -0.471 e. The Morgan fingerprint density at radius 1 is 1.16 bits per heavy atom. The first kappa shape index (κ1) is 15.2. The summed E-state index contributed by atoms with van der Waals surface area (Å²) in [6.45, 7) is 1.03. The van der Waals surface area contributed by atoms with Crippen LogP contribution in [0.1, 0.15) is 15.9 Å². The molecule has 0 spiro atoms. The van der Waals surface area contributed by atoms with E-state index < -0.39 is 0 Å². The zero-order valence-corrected chi connectivity index (χ0v) is 13.4. The molecule has 2 heterocycles. The molecular formula is C20H15N3O2. The van der Waals surface area contributed by atoms with E-state index in [4.69, 9.17) is 10.00 Å². The lowest BCUT2D eigenvalue weighted by Gasteiger charge is -2.38. The summed E-state index contributed by atoms with van der Waals surface area (Å²) in [5.74, 6) is 0.427. The summed E-state index contributed by atoms with van der Waals surface area (Å²) in [7, 11) is 0. The molecule has 3 aromatic rings. The molecule has 1 saturated heterocycles. The van der Waals surface area contributed by atoms with Crippen molar-refractivity contribution in [3.63, 3.8) is 0 Å². The number of carbonyl (C=O) groups is 1. The molecule has 0 saturated carbocycles. The van der Waals surface area contributed by atoms with Gasteiger partial charge in [0.15, 0.2) is 0 Å². The maximum absolute atomic E-state index is 12.8. The van der Waals surface area contributed by atoms with Crippen LogP contribution in [0.3, 0.4) is 0 Å². The largest absolute Gasteiger partial charge is 0.471 e. The number of nitrogens with zero attached hydrogens (tertiary/aromatic N) is 3. The molecule has 1 fully saturated rings. The second-order valence-electron chi connectivity index (χ2n) is 5.97. The van der Waals surface area contributed by atoms with Gasteiger partial charge in [0, 0.05) is 17.8 Å². The van der Waals surface area contributed by atoms with Crippen LogP contribution in [0.5, 0.6) is 5.88 Å². The lowest BCUT2D eigenvalue weighted by molar-refractivity contribution is 0.0161. The van der Waals surface area contributed by atoms with Crippen LogP contribution in [0.2, 0.25) is 0 Å². The Morgan fingerprint density at radius 2 is 1.96 bits per heavy atom. The van der Waals surface area contributed by atoms with E-state index in [9.17, 15) is 4.79 Å². The van der Waals surface area contributed by atoms with E-state index in [2.05, 4.69) is 11.1 Å². The van der Waals surface area contributed by atoms with E-state index in [0.29, 0.717) is 30.1 Å². The number of benzene rings is 2. The van der Waals surface area contributed by atoms with Gasteiger partial charge in [-0.15, -0.1) is 0 Å². The highest BCUT2D eigenvalue weighted by atomic mass is 16.5. The van der Waals surface area contributed by atoms with Crippen LogP contribution >= 0.6 is 0 Å². The van der Waals surface area contributed by atoms with Gasteiger partial charge >= 0.3 is 0 Å². The molecule has 2 aromatic carbocycles. The van der Waals surface area contributed by atoms with Crippen LogP contribution < -0.4 is 4.74 Å². The molecule has 0 aliphatic carbocycles. The molecule has 4 rings (SSSR count). The molecule has 1 aliphatic rings. The first-order valence-corrected chi connectivity index (χ1v) is 8.04. The first-order chi connectivity index (χ1) is 12.2. The Hall–Kier alpha value is -3.39. The molecule has 5 nitrogen and oxygen atoms in total. The van der Waals surface area contributed by atoms with Gasteiger partial charge in [-0.1, -0.05) is 36.4 Å². The molecule has 0 radical (unpaired) electrons. The Morgan fingerprint density at radius 3 is 2.80 bits per heavy atom. The SMILES string of the molecule is N#Cc1ccnc(OC2CN(C(=O)c3cccc4ccccc34)C2)c1. The highest BCUT2D eigenvalue weighted by Crippen LogP contribution is 2.23. The van der Waals surface area contributed by atoms with Gasteiger partial charge in [0.2, 0.25) is 5.88 Å². The summed E-state index contributed by atoms with van der Waals surface area (Å²) < 4.78 is 5.74. The number of aromatic nitrogens is 1. The van der Waals surface area contributed by atoms with E-state index in [0.717, 1.165) is 10.8 Å². The van der Waals surface area contributed by atoms with Gasteiger partial charge in [0.05, 0.1) is 24.7 Å². The molecule has 1 aromatic heterocycles. The Labute approximate surface area is 145 Å². The van der Waals surface area contributed by atoms with Gasteiger partial charge in [0.25, 0.3) is 5.91 Å². The number of pyridine rings is 1. The third-order valence-corrected chi connectivity index (χ3v) is 4.31. The lowest BCUT2D eigenvalue weighted by atomic mass is 10.0. The first-order valence-electron chi connectivity index (χ1n) is 8.04. The van der Waals surface area contributed by atoms with Crippen molar-refractivity contribution in [2.45, 2.75) is 6.10 Å². The van der Waals surface area contributed by atoms with Crippen LogP contribution in [-0.4, -0.2) is 35.0 Å². The molecule has 0 atom stereocenters. The fourth-order valence-corrected chi connectivity index (χ4v) is 2.97. The average molecular weight is 329 g/mol. The van der Waals surface area contributed by atoms with Crippen molar-refractivity contribution in [2.75, 3.05) is 13.1 Å². The van der Waals surface area contributed by atoms with Crippen molar-refractivity contribution in [3.05, 3.63) is 71.9 Å². The number of ether oxygens (including phenoxy) is 1. The number of amides is 1. The zero-order valence-electron chi connectivity index (χ0n) is 13.4. The van der Waals surface area contributed by atoms with Crippen molar-refractivity contribution in [1.29, 1.82) is 5.26 Å². The van der Waals surface area contributed by atoms with Crippen molar-refractivity contribution < 1.29 is 9.53 Å². The third kappa shape index (κ3) is 2.90. The summed E-state index contributed by atoms with van der Waals surface area (Å²) in [5.41, 5.74) is 1.22. The summed E-state index contributed by atoms with van der Waals surface area (Å²) in [6, 6.07) is 18.9. The number of hydrogen-bond acceptors (Lipinski definition) is 4. The fourth-order valence-electron chi connectivity index (χ4n) is 2.97. The van der Waals surface area contributed by atoms with Crippen molar-refractivity contribution in [2.24, 2.45) is 0 Å². The summed E-state index contributed by atoms with van der Waals surface area (Å²) in [5, 5.41) is 10.9. The Balaban J connectivity index is 1.45. The number of fused-ring (bicyclic) bond motifs is 1. The van der Waals surface area contributed by atoms with E-state index >= 15 is 0 Å².